The number of amides is 1. The monoisotopic (exact) mass is 317 g/mol. The minimum absolute atomic E-state index is 0.186. The fraction of sp³-hybridized carbons (Fsp3) is 0.200. The van der Waals surface area contributed by atoms with Crippen molar-refractivity contribution in [1.82, 2.24) is 4.98 Å². The van der Waals surface area contributed by atoms with Gasteiger partial charge in [-0.05, 0) is 48.7 Å². The molecule has 24 heavy (non-hydrogen) atoms. The summed E-state index contributed by atoms with van der Waals surface area (Å²) in [5, 5.41) is 3.97. The third-order valence-electron chi connectivity index (χ3n) is 4.57. The summed E-state index contributed by atoms with van der Waals surface area (Å²) in [6.07, 6.45) is 1.05. The molecule has 0 unspecified atom stereocenters. The normalized spacial score (nSPS) is 19.2. The summed E-state index contributed by atoms with van der Waals surface area (Å²) in [6, 6.07) is 18.0. The zero-order valence-corrected chi connectivity index (χ0v) is 13.5. The average Bonchev–Trinajstić information content (AvgIpc) is 3.31. The molecule has 4 heteroatoms. The van der Waals surface area contributed by atoms with Gasteiger partial charge in [-0.15, -0.1) is 0 Å². The summed E-state index contributed by atoms with van der Waals surface area (Å²) in [5.41, 5.74) is 10.0. The van der Waals surface area contributed by atoms with Crippen LogP contribution in [-0.2, 0) is 0 Å². The van der Waals surface area contributed by atoms with E-state index in [4.69, 9.17) is 5.73 Å². The van der Waals surface area contributed by atoms with Crippen LogP contribution in [0.25, 0.3) is 10.9 Å². The van der Waals surface area contributed by atoms with Crippen molar-refractivity contribution in [3.05, 3.63) is 71.4 Å². The molecule has 4 nitrogen and oxygen atoms in total. The number of hydrogen-bond donors (Lipinski definition) is 2. The van der Waals surface area contributed by atoms with Gasteiger partial charge >= 0.3 is 0 Å². The first-order valence-corrected chi connectivity index (χ1v) is 8.15. The maximum Gasteiger partial charge on any atom is 0.274 e. The molecule has 2 atom stereocenters. The molecule has 3 N–H and O–H groups in total. The van der Waals surface area contributed by atoms with Gasteiger partial charge < -0.3 is 11.1 Å². The van der Waals surface area contributed by atoms with E-state index < -0.39 is 0 Å². The molecule has 1 aromatic heterocycles. The molecule has 1 aliphatic rings. The van der Waals surface area contributed by atoms with E-state index in [1.54, 1.807) is 0 Å². The smallest absolute Gasteiger partial charge is 0.274 e. The molecule has 0 radical (unpaired) electrons. The molecule has 2 aromatic carbocycles. The molecule has 0 aliphatic heterocycles. The van der Waals surface area contributed by atoms with Gasteiger partial charge in [-0.3, -0.25) is 4.79 Å². The molecule has 1 fully saturated rings. The standard InChI is InChI=1S/C20H19N3O/c1-12-10-14-4-2-3-5-18(14)23-19(12)20(24)22-15-8-6-13(7-9-15)16-11-17(16)21/h2-10,16-17H,11,21H2,1H3,(H,22,24)/t16-,17+/m0/s1. The van der Waals surface area contributed by atoms with Crippen LogP contribution in [0.15, 0.2) is 54.6 Å². The number of anilines is 1. The lowest BCUT2D eigenvalue weighted by atomic mass is 10.1. The first kappa shape index (κ1) is 14.8. The molecular formula is C20H19N3O. The number of hydrogen-bond acceptors (Lipinski definition) is 3. The van der Waals surface area contributed by atoms with Gasteiger partial charge in [0.1, 0.15) is 5.69 Å². The molecule has 0 saturated heterocycles. The van der Waals surface area contributed by atoms with E-state index in [9.17, 15) is 4.79 Å². The predicted octanol–water partition coefficient (Wildman–Crippen LogP) is 3.61. The molecule has 120 valence electrons. The minimum atomic E-state index is -0.186. The van der Waals surface area contributed by atoms with Gasteiger partial charge in [0.2, 0.25) is 0 Å². The number of aromatic nitrogens is 1. The molecule has 1 heterocycles. The number of aryl methyl sites for hydroxylation is 1. The second-order valence-corrected chi connectivity index (χ2v) is 6.43. The van der Waals surface area contributed by atoms with Gasteiger partial charge in [0, 0.05) is 23.0 Å². The number of carbonyl (C=O) groups is 1. The van der Waals surface area contributed by atoms with E-state index in [0.717, 1.165) is 28.6 Å². The highest BCUT2D eigenvalue weighted by atomic mass is 16.1. The maximum atomic E-state index is 12.6. The molecule has 0 bridgehead atoms. The van der Waals surface area contributed by atoms with E-state index in [-0.39, 0.29) is 11.9 Å². The molecule has 0 spiro atoms. The number of benzene rings is 2. The van der Waals surface area contributed by atoms with Crippen molar-refractivity contribution in [3.8, 4) is 0 Å². The molecule has 1 aliphatic carbocycles. The van der Waals surface area contributed by atoms with Crippen LogP contribution in [0, 0.1) is 6.92 Å². The van der Waals surface area contributed by atoms with E-state index in [1.807, 2.05) is 61.5 Å². The van der Waals surface area contributed by atoms with Crippen LogP contribution in [-0.4, -0.2) is 16.9 Å². The molecule has 1 amide bonds. The summed E-state index contributed by atoms with van der Waals surface area (Å²) in [7, 11) is 0. The zero-order chi connectivity index (χ0) is 16.7. The number of fused-ring (bicyclic) bond motifs is 1. The van der Waals surface area contributed by atoms with Crippen molar-refractivity contribution in [3.63, 3.8) is 0 Å². The number of carbonyl (C=O) groups excluding carboxylic acids is 1. The zero-order valence-electron chi connectivity index (χ0n) is 13.5. The number of para-hydroxylation sites is 1. The van der Waals surface area contributed by atoms with Gasteiger partial charge in [-0.2, -0.15) is 0 Å². The van der Waals surface area contributed by atoms with Crippen LogP contribution < -0.4 is 11.1 Å². The summed E-state index contributed by atoms with van der Waals surface area (Å²) in [5.74, 6) is 0.285. The Bertz CT molecular complexity index is 918. The largest absolute Gasteiger partial charge is 0.327 e. The Morgan fingerprint density at radius 3 is 2.58 bits per heavy atom. The Morgan fingerprint density at radius 1 is 1.17 bits per heavy atom. The molecule has 1 saturated carbocycles. The van der Waals surface area contributed by atoms with Crippen molar-refractivity contribution in [2.24, 2.45) is 5.73 Å². The van der Waals surface area contributed by atoms with Crippen LogP contribution in [0.3, 0.4) is 0 Å². The van der Waals surface area contributed by atoms with Gasteiger partial charge in [-0.1, -0.05) is 30.3 Å². The third-order valence-corrected chi connectivity index (χ3v) is 4.57. The Kier molecular flexibility index (Phi) is 3.54. The summed E-state index contributed by atoms with van der Waals surface area (Å²) in [6.45, 7) is 1.91. The summed E-state index contributed by atoms with van der Waals surface area (Å²) >= 11 is 0. The third kappa shape index (κ3) is 2.76. The molecular weight excluding hydrogens is 298 g/mol. The van der Waals surface area contributed by atoms with E-state index in [0.29, 0.717) is 11.6 Å². The van der Waals surface area contributed by atoms with Crippen LogP contribution in [0.4, 0.5) is 5.69 Å². The predicted molar refractivity (Wildman–Crippen MR) is 96.2 cm³/mol. The number of nitrogens with zero attached hydrogens (tertiary/aromatic N) is 1. The number of pyridine rings is 1. The second kappa shape index (κ2) is 5.73. The Hall–Kier alpha value is -2.72. The van der Waals surface area contributed by atoms with Crippen LogP contribution >= 0.6 is 0 Å². The SMILES string of the molecule is Cc1cc2ccccc2nc1C(=O)Nc1ccc([C@@H]2C[C@H]2N)cc1. The van der Waals surface area contributed by atoms with E-state index >= 15 is 0 Å². The van der Waals surface area contributed by atoms with Gasteiger partial charge in [0.05, 0.1) is 5.52 Å². The number of rotatable bonds is 3. The highest BCUT2D eigenvalue weighted by Gasteiger charge is 2.34. The number of nitrogens with one attached hydrogen (secondary N) is 1. The van der Waals surface area contributed by atoms with Gasteiger partial charge in [0.15, 0.2) is 0 Å². The van der Waals surface area contributed by atoms with Crippen molar-refractivity contribution in [2.75, 3.05) is 5.32 Å². The van der Waals surface area contributed by atoms with Crippen molar-refractivity contribution in [2.45, 2.75) is 25.3 Å². The van der Waals surface area contributed by atoms with E-state index in [2.05, 4.69) is 10.3 Å². The minimum Gasteiger partial charge on any atom is -0.327 e. The van der Waals surface area contributed by atoms with Crippen molar-refractivity contribution in [1.29, 1.82) is 0 Å². The fourth-order valence-corrected chi connectivity index (χ4v) is 3.05. The van der Waals surface area contributed by atoms with Crippen molar-refractivity contribution >= 4 is 22.5 Å². The van der Waals surface area contributed by atoms with Crippen LogP contribution in [0.1, 0.15) is 34.0 Å². The molecule has 3 aromatic rings. The van der Waals surface area contributed by atoms with Crippen LogP contribution in [0.5, 0.6) is 0 Å². The van der Waals surface area contributed by atoms with Crippen molar-refractivity contribution < 1.29 is 4.79 Å². The highest BCUT2D eigenvalue weighted by molar-refractivity contribution is 6.05. The molecule has 4 rings (SSSR count). The maximum absolute atomic E-state index is 12.6. The van der Waals surface area contributed by atoms with Crippen LogP contribution in [0.2, 0.25) is 0 Å². The summed E-state index contributed by atoms with van der Waals surface area (Å²) < 4.78 is 0. The first-order valence-electron chi connectivity index (χ1n) is 8.15. The summed E-state index contributed by atoms with van der Waals surface area (Å²) in [4.78, 5) is 17.1. The first-order chi connectivity index (χ1) is 11.6. The van der Waals surface area contributed by atoms with E-state index in [1.165, 1.54) is 5.56 Å². The number of nitrogens with two attached hydrogens (primary N) is 1. The lowest BCUT2D eigenvalue weighted by Crippen LogP contribution is -2.15. The Labute approximate surface area is 140 Å². The fourth-order valence-electron chi connectivity index (χ4n) is 3.05. The second-order valence-electron chi connectivity index (χ2n) is 6.43. The lowest BCUT2D eigenvalue weighted by Gasteiger charge is -2.09. The lowest BCUT2D eigenvalue weighted by molar-refractivity contribution is 0.102. The Balaban J connectivity index is 1.56. The Morgan fingerprint density at radius 2 is 1.88 bits per heavy atom. The van der Waals surface area contributed by atoms with Gasteiger partial charge in [0.25, 0.3) is 5.91 Å². The topological polar surface area (TPSA) is 68.0 Å². The quantitative estimate of drug-likeness (QED) is 0.775. The van der Waals surface area contributed by atoms with Gasteiger partial charge in [-0.25, -0.2) is 4.98 Å². The highest BCUT2D eigenvalue weighted by Crippen LogP contribution is 2.39. The average molecular weight is 317 g/mol.